The monoisotopic (exact) mass is 390 g/mol. The van der Waals surface area contributed by atoms with Crippen molar-refractivity contribution in [3.05, 3.63) is 70.6 Å². The standard InChI is InChI=1S/C23H26N4O2/c1-15-21(16(2)29-27-15)14-26-23(24-3)25-13-17-4-6-18(7-5-17)19-8-9-22-20(12-19)10-11-28-22/h4-9,12H,10-11,13-14H2,1-3H3,(H2,24,25,26). The van der Waals surface area contributed by atoms with E-state index in [0.717, 1.165) is 41.8 Å². The Hall–Kier alpha value is -3.28. The molecule has 0 amide bonds. The molecule has 0 radical (unpaired) electrons. The molecule has 6 nitrogen and oxygen atoms in total. The summed E-state index contributed by atoms with van der Waals surface area (Å²) in [5, 5.41) is 10.6. The van der Waals surface area contributed by atoms with Gasteiger partial charge >= 0.3 is 0 Å². The lowest BCUT2D eigenvalue weighted by molar-refractivity contribution is 0.357. The van der Waals surface area contributed by atoms with Gasteiger partial charge in [-0.2, -0.15) is 0 Å². The van der Waals surface area contributed by atoms with Crippen LogP contribution in [0.2, 0.25) is 0 Å². The van der Waals surface area contributed by atoms with E-state index in [4.69, 9.17) is 9.26 Å². The first kappa shape index (κ1) is 19.1. The molecule has 0 saturated carbocycles. The Morgan fingerprint density at radius 1 is 1.03 bits per heavy atom. The molecule has 2 aromatic carbocycles. The summed E-state index contributed by atoms with van der Waals surface area (Å²) in [6.45, 7) is 5.97. The van der Waals surface area contributed by atoms with Crippen molar-refractivity contribution in [2.75, 3.05) is 13.7 Å². The number of hydrogen-bond donors (Lipinski definition) is 2. The molecule has 2 heterocycles. The fraction of sp³-hybridized carbons (Fsp3) is 0.304. The molecule has 0 saturated heterocycles. The second-order valence-corrected chi connectivity index (χ2v) is 7.20. The summed E-state index contributed by atoms with van der Waals surface area (Å²) < 4.78 is 10.8. The van der Waals surface area contributed by atoms with E-state index in [1.807, 2.05) is 13.8 Å². The fourth-order valence-electron chi connectivity index (χ4n) is 3.51. The Morgan fingerprint density at radius 3 is 2.52 bits per heavy atom. The highest BCUT2D eigenvalue weighted by Gasteiger charge is 2.13. The number of guanidine groups is 1. The summed E-state index contributed by atoms with van der Waals surface area (Å²) in [7, 11) is 1.77. The van der Waals surface area contributed by atoms with Crippen LogP contribution in [0, 0.1) is 13.8 Å². The maximum atomic E-state index is 5.60. The third-order valence-corrected chi connectivity index (χ3v) is 5.27. The minimum atomic E-state index is 0.627. The van der Waals surface area contributed by atoms with Crippen molar-refractivity contribution in [1.82, 2.24) is 15.8 Å². The molecule has 0 fully saturated rings. The van der Waals surface area contributed by atoms with Crippen molar-refractivity contribution in [2.24, 2.45) is 4.99 Å². The van der Waals surface area contributed by atoms with Crippen LogP contribution < -0.4 is 15.4 Å². The minimum Gasteiger partial charge on any atom is -0.493 e. The van der Waals surface area contributed by atoms with Crippen molar-refractivity contribution in [1.29, 1.82) is 0 Å². The zero-order valence-electron chi connectivity index (χ0n) is 17.1. The fourth-order valence-corrected chi connectivity index (χ4v) is 3.51. The molecule has 0 spiro atoms. The van der Waals surface area contributed by atoms with E-state index in [1.165, 1.54) is 22.3 Å². The van der Waals surface area contributed by atoms with E-state index in [1.54, 1.807) is 7.05 Å². The van der Waals surface area contributed by atoms with Gasteiger partial charge in [-0.1, -0.05) is 35.5 Å². The van der Waals surface area contributed by atoms with Gasteiger partial charge in [-0.15, -0.1) is 0 Å². The zero-order valence-corrected chi connectivity index (χ0v) is 17.1. The molecule has 0 unspecified atom stereocenters. The molecule has 1 aromatic heterocycles. The van der Waals surface area contributed by atoms with Gasteiger partial charge in [0.05, 0.1) is 12.3 Å². The molecule has 2 N–H and O–H groups in total. The molecule has 6 heteroatoms. The SMILES string of the molecule is CN=C(NCc1ccc(-c2ccc3c(c2)CCO3)cc1)NCc1c(C)noc1C. The first-order valence-corrected chi connectivity index (χ1v) is 9.85. The molecule has 150 valence electrons. The molecular formula is C23H26N4O2. The Morgan fingerprint density at radius 2 is 1.79 bits per heavy atom. The summed E-state index contributed by atoms with van der Waals surface area (Å²) in [6.07, 6.45) is 0.991. The minimum absolute atomic E-state index is 0.627. The number of nitrogens with one attached hydrogen (secondary N) is 2. The summed E-state index contributed by atoms with van der Waals surface area (Å²) in [6, 6.07) is 15.0. The molecular weight excluding hydrogens is 364 g/mol. The van der Waals surface area contributed by atoms with E-state index in [2.05, 4.69) is 63.2 Å². The maximum absolute atomic E-state index is 5.60. The number of aromatic nitrogens is 1. The number of ether oxygens (including phenoxy) is 1. The second kappa shape index (κ2) is 8.39. The Kier molecular flexibility index (Phi) is 5.51. The van der Waals surface area contributed by atoms with E-state index < -0.39 is 0 Å². The number of nitrogens with zero attached hydrogens (tertiary/aromatic N) is 2. The smallest absolute Gasteiger partial charge is 0.191 e. The van der Waals surface area contributed by atoms with Crippen LogP contribution in [0.1, 0.15) is 28.1 Å². The summed E-state index contributed by atoms with van der Waals surface area (Å²) in [5.74, 6) is 2.59. The van der Waals surface area contributed by atoms with Crippen molar-refractivity contribution in [2.45, 2.75) is 33.4 Å². The van der Waals surface area contributed by atoms with Gasteiger partial charge in [-0.3, -0.25) is 4.99 Å². The Bertz CT molecular complexity index is 1000. The summed E-state index contributed by atoms with van der Waals surface area (Å²) >= 11 is 0. The van der Waals surface area contributed by atoms with Gasteiger partial charge < -0.3 is 19.9 Å². The maximum Gasteiger partial charge on any atom is 0.191 e. The van der Waals surface area contributed by atoms with Gasteiger partial charge in [0, 0.05) is 32.1 Å². The van der Waals surface area contributed by atoms with E-state index in [0.29, 0.717) is 13.1 Å². The Labute approximate surface area is 171 Å². The molecule has 0 atom stereocenters. The van der Waals surface area contributed by atoms with Crippen molar-refractivity contribution >= 4 is 5.96 Å². The predicted octanol–water partition coefficient (Wildman–Crippen LogP) is 3.76. The van der Waals surface area contributed by atoms with E-state index in [9.17, 15) is 0 Å². The lowest BCUT2D eigenvalue weighted by atomic mass is 10.0. The predicted molar refractivity (Wildman–Crippen MR) is 114 cm³/mol. The highest BCUT2D eigenvalue weighted by molar-refractivity contribution is 5.79. The van der Waals surface area contributed by atoms with Crippen molar-refractivity contribution in [3.63, 3.8) is 0 Å². The lowest BCUT2D eigenvalue weighted by Gasteiger charge is -2.12. The van der Waals surface area contributed by atoms with Gasteiger partial charge in [0.15, 0.2) is 5.96 Å². The van der Waals surface area contributed by atoms with Crippen LogP contribution in [0.15, 0.2) is 52.0 Å². The highest BCUT2D eigenvalue weighted by Crippen LogP contribution is 2.30. The quantitative estimate of drug-likeness (QED) is 0.513. The van der Waals surface area contributed by atoms with Crippen LogP contribution in [0.3, 0.4) is 0 Å². The lowest BCUT2D eigenvalue weighted by Crippen LogP contribution is -2.36. The third-order valence-electron chi connectivity index (χ3n) is 5.27. The van der Waals surface area contributed by atoms with Crippen LogP contribution in [-0.2, 0) is 19.5 Å². The van der Waals surface area contributed by atoms with Crippen LogP contribution in [0.25, 0.3) is 11.1 Å². The molecule has 3 aromatic rings. The molecule has 0 bridgehead atoms. The average Bonchev–Trinajstić information content (AvgIpc) is 3.34. The topological polar surface area (TPSA) is 71.7 Å². The van der Waals surface area contributed by atoms with Gasteiger partial charge in [-0.05, 0) is 48.2 Å². The molecule has 4 rings (SSSR count). The van der Waals surface area contributed by atoms with Gasteiger partial charge in [0.2, 0.25) is 0 Å². The number of rotatable bonds is 5. The summed E-state index contributed by atoms with van der Waals surface area (Å²) in [4.78, 5) is 4.29. The number of aryl methyl sites for hydroxylation is 2. The number of fused-ring (bicyclic) bond motifs is 1. The first-order chi connectivity index (χ1) is 14.1. The van der Waals surface area contributed by atoms with Gasteiger partial charge in [0.1, 0.15) is 11.5 Å². The third kappa shape index (κ3) is 4.26. The average molecular weight is 390 g/mol. The largest absolute Gasteiger partial charge is 0.493 e. The highest BCUT2D eigenvalue weighted by atomic mass is 16.5. The number of hydrogen-bond acceptors (Lipinski definition) is 4. The first-order valence-electron chi connectivity index (χ1n) is 9.85. The van der Waals surface area contributed by atoms with E-state index in [-0.39, 0.29) is 0 Å². The molecule has 1 aliphatic rings. The van der Waals surface area contributed by atoms with Crippen molar-refractivity contribution in [3.8, 4) is 16.9 Å². The number of aliphatic imine (C=N–C) groups is 1. The van der Waals surface area contributed by atoms with Crippen LogP contribution in [0.4, 0.5) is 0 Å². The number of benzene rings is 2. The summed E-state index contributed by atoms with van der Waals surface area (Å²) in [5.41, 5.74) is 6.89. The van der Waals surface area contributed by atoms with Crippen LogP contribution in [-0.4, -0.2) is 24.8 Å². The molecule has 0 aliphatic carbocycles. The van der Waals surface area contributed by atoms with E-state index >= 15 is 0 Å². The van der Waals surface area contributed by atoms with Crippen molar-refractivity contribution < 1.29 is 9.26 Å². The van der Waals surface area contributed by atoms with Gasteiger partial charge in [0.25, 0.3) is 0 Å². The van der Waals surface area contributed by atoms with Crippen LogP contribution >= 0.6 is 0 Å². The second-order valence-electron chi connectivity index (χ2n) is 7.20. The molecule has 1 aliphatic heterocycles. The Balaban J connectivity index is 1.34. The van der Waals surface area contributed by atoms with Gasteiger partial charge in [-0.25, -0.2) is 0 Å². The normalized spacial score (nSPS) is 13.1. The zero-order chi connectivity index (χ0) is 20.2. The molecule has 29 heavy (non-hydrogen) atoms. The van der Waals surface area contributed by atoms with Crippen LogP contribution in [0.5, 0.6) is 5.75 Å².